The second-order valence-corrected chi connectivity index (χ2v) is 4.02. The van der Waals surface area contributed by atoms with Gasteiger partial charge < -0.3 is 21.0 Å². The van der Waals surface area contributed by atoms with Crippen molar-refractivity contribution in [2.45, 2.75) is 25.6 Å². The molecule has 4 N–H and O–H groups in total. The van der Waals surface area contributed by atoms with E-state index in [0.29, 0.717) is 25.8 Å². The van der Waals surface area contributed by atoms with Crippen molar-refractivity contribution in [1.29, 1.82) is 0 Å². The van der Waals surface area contributed by atoms with Crippen molar-refractivity contribution >= 4 is 11.5 Å². The Hall–Kier alpha value is -2.12. The first-order valence-corrected chi connectivity index (χ1v) is 5.97. The molecule has 0 radical (unpaired) electrons. The van der Waals surface area contributed by atoms with E-state index in [1.165, 1.54) is 18.2 Å². The SMILES string of the molecule is NC(CCCCNc1ccccc1OC(F)(F)F)=NO. The molecule has 0 heterocycles. The van der Waals surface area contributed by atoms with Crippen LogP contribution in [-0.2, 0) is 0 Å². The van der Waals surface area contributed by atoms with Gasteiger partial charge in [0, 0.05) is 13.0 Å². The highest BCUT2D eigenvalue weighted by Gasteiger charge is 2.31. The molecular formula is C12H16F3N3O2. The third-order valence-electron chi connectivity index (χ3n) is 2.42. The van der Waals surface area contributed by atoms with Crippen LogP contribution in [0.3, 0.4) is 0 Å². The summed E-state index contributed by atoms with van der Waals surface area (Å²) in [6.45, 7) is 0.455. The maximum absolute atomic E-state index is 12.2. The van der Waals surface area contributed by atoms with E-state index in [1.54, 1.807) is 6.07 Å². The summed E-state index contributed by atoms with van der Waals surface area (Å²) in [4.78, 5) is 0. The lowest BCUT2D eigenvalue weighted by atomic mass is 10.2. The van der Waals surface area contributed by atoms with Crippen molar-refractivity contribution in [3.05, 3.63) is 24.3 Å². The maximum atomic E-state index is 12.2. The molecule has 1 aromatic rings. The van der Waals surface area contributed by atoms with Crippen molar-refractivity contribution in [2.75, 3.05) is 11.9 Å². The van der Waals surface area contributed by atoms with Gasteiger partial charge >= 0.3 is 6.36 Å². The van der Waals surface area contributed by atoms with Gasteiger partial charge in [-0.2, -0.15) is 0 Å². The van der Waals surface area contributed by atoms with Gasteiger partial charge in [-0.3, -0.25) is 0 Å². The van der Waals surface area contributed by atoms with Crippen molar-refractivity contribution in [2.24, 2.45) is 10.9 Å². The first kappa shape index (κ1) is 15.9. The number of nitrogens with two attached hydrogens (primary N) is 1. The summed E-state index contributed by atoms with van der Waals surface area (Å²) in [6.07, 6.45) is -2.97. The molecule has 1 rings (SSSR count). The molecule has 0 bridgehead atoms. The Labute approximate surface area is 114 Å². The summed E-state index contributed by atoms with van der Waals surface area (Å²) in [5, 5.41) is 14.0. The van der Waals surface area contributed by atoms with Crippen LogP contribution in [0.5, 0.6) is 5.75 Å². The average Bonchev–Trinajstić information content (AvgIpc) is 2.38. The Balaban J connectivity index is 2.44. The zero-order valence-electron chi connectivity index (χ0n) is 10.7. The van der Waals surface area contributed by atoms with Gasteiger partial charge in [-0.1, -0.05) is 17.3 Å². The highest BCUT2D eigenvalue weighted by Crippen LogP contribution is 2.29. The number of unbranched alkanes of at least 4 members (excludes halogenated alkanes) is 1. The number of ether oxygens (including phenoxy) is 1. The van der Waals surface area contributed by atoms with Crippen LogP contribution >= 0.6 is 0 Å². The van der Waals surface area contributed by atoms with Crippen molar-refractivity contribution in [3.8, 4) is 5.75 Å². The second kappa shape index (κ2) is 7.46. The van der Waals surface area contributed by atoms with Gasteiger partial charge in [0.15, 0.2) is 5.75 Å². The molecule has 0 atom stereocenters. The molecule has 5 nitrogen and oxygen atoms in total. The summed E-state index contributed by atoms with van der Waals surface area (Å²) < 4.78 is 40.5. The Bertz CT molecular complexity index is 450. The molecule has 112 valence electrons. The molecule has 0 amide bonds. The molecule has 0 spiro atoms. The number of para-hydroxylation sites is 2. The smallest absolute Gasteiger partial charge is 0.409 e. The number of nitrogens with one attached hydrogen (secondary N) is 1. The van der Waals surface area contributed by atoms with Gasteiger partial charge in [0.1, 0.15) is 5.84 Å². The molecule has 0 aliphatic carbocycles. The van der Waals surface area contributed by atoms with E-state index < -0.39 is 6.36 Å². The molecule has 0 aliphatic heterocycles. The average molecular weight is 291 g/mol. The van der Waals surface area contributed by atoms with Crippen LogP contribution in [0.15, 0.2) is 29.4 Å². The molecule has 0 saturated heterocycles. The summed E-state index contributed by atoms with van der Waals surface area (Å²) >= 11 is 0. The Morgan fingerprint density at radius 2 is 2.00 bits per heavy atom. The lowest BCUT2D eigenvalue weighted by Crippen LogP contribution is -2.18. The predicted molar refractivity (Wildman–Crippen MR) is 68.9 cm³/mol. The number of benzene rings is 1. The third-order valence-corrected chi connectivity index (χ3v) is 2.42. The van der Waals surface area contributed by atoms with E-state index in [0.717, 1.165) is 0 Å². The minimum atomic E-state index is -4.72. The van der Waals surface area contributed by atoms with Crippen LogP contribution < -0.4 is 15.8 Å². The summed E-state index contributed by atoms with van der Waals surface area (Å²) in [7, 11) is 0. The molecule has 0 aliphatic rings. The fourth-order valence-corrected chi connectivity index (χ4v) is 1.53. The molecule has 0 saturated carbocycles. The van der Waals surface area contributed by atoms with Crippen molar-refractivity contribution in [3.63, 3.8) is 0 Å². The molecular weight excluding hydrogens is 275 g/mol. The Morgan fingerprint density at radius 3 is 2.65 bits per heavy atom. The monoisotopic (exact) mass is 291 g/mol. The lowest BCUT2D eigenvalue weighted by molar-refractivity contribution is -0.274. The summed E-state index contributed by atoms with van der Waals surface area (Å²) in [6, 6.07) is 5.82. The first-order chi connectivity index (χ1) is 9.42. The van der Waals surface area contributed by atoms with E-state index in [2.05, 4.69) is 15.2 Å². The minimum Gasteiger partial charge on any atom is -0.409 e. The molecule has 0 fully saturated rings. The topological polar surface area (TPSA) is 79.9 Å². The highest BCUT2D eigenvalue weighted by molar-refractivity contribution is 5.79. The maximum Gasteiger partial charge on any atom is 0.573 e. The lowest BCUT2D eigenvalue weighted by Gasteiger charge is -2.14. The van der Waals surface area contributed by atoms with Gasteiger partial charge in [0.2, 0.25) is 0 Å². The van der Waals surface area contributed by atoms with E-state index in [4.69, 9.17) is 10.9 Å². The van der Waals surface area contributed by atoms with Crippen LogP contribution in [0.25, 0.3) is 0 Å². The number of hydrogen-bond acceptors (Lipinski definition) is 4. The number of hydrogen-bond donors (Lipinski definition) is 3. The van der Waals surface area contributed by atoms with Crippen LogP contribution in [0.2, 0.25) is 0 Å². The number of nitrogens with zero attached hydrogens (tertiary/aromatic N) is 1. The normalized spacial score (nSPS) is 12.2. The molecule has 1 aromatic carbocycles. The van der Waals surface area contributed by atoms with Gasteiger partial charge in [-0.15, -0.1) is 13.2 Å². The van der Waals surface area contributed by atoms with Crippen LogP contribution in [0, 0.1) is 0 Å². The Kier molecular flexibility index (Phi) is 5.95. The van der Waals surface area contributed by atoms with Crippen molar-refractivity contribution < 1.29 is 23.1 Å². The molecule has 20 heavy (non-hydrogen) atoms. The zero-order chi connectivity index (χ0) is 15.0. The van der Waals surface area contributed by atoms with Crippen LogP contribution in [0.1, 0.15) is 19.3 Å². The highest BCUT2D eigenvalue weighted by atomic mass is 19.4. The van der Waals surface area contributed by atoms with E-state index in [1.807, 2.05) is 0 Å². The minimum absolute atomic E-state index is 0.130. The number of rotatable bonds is 7. The zero-order valence-corrected chi connectivity index (χ0v) is 10.7. The van der Waals surface area contributed by atoms with Crippen molar-refractivity contribution in [1.82, 2.24) is 0 Å². The van der Waals surface area contributed by atoms with Crippen LogP contribution in [0.4, 0.5) is 18.9 Å². The number of anilines is 1. The second-order valence-electron chi connectivity index (χ2n) is 4.02. The quantitative estimate of drug-likeness (QED) is 0.237. The fourth-order valence-electron chi connectivity index (χ4n) is 1.53. The van der Waals surface area contributed by atoms with Gasteiger partial charge in [0.25, 0.3) is 0 Å². The van der Waals surface area contributed by atoms with E-state index in [9.17, 15) is 13.2 Å². The molecule has 0 aromatic heterocycles. The number of oxime groups is 1. The Morgan fingerprint density at radius 1 is 1.30 bits per heavy atom. The van der Waals surface area contributed by atoms with Crippen LogP contribution in [-0.4, -0.2) is 23.9 Å². The third kappa shape index (κ3) is 6.17. The predicted octanol–water partition coefficient (Wildman–Crippen LogP) is 2.91. The number of halogens is 3. The van der Waals surface area contributed by atoms with Gasteiger partial charge in [0.05, 0.1) is 5.69 Å². The van der Waals surface area contributed by atoms with Gasteiger partial charge in [-0.05, 0) is 25.0 Å². The number of amidine groups is 1. The molecule has 8 heteroatoms. The summed E-state index contributed by atoms with van der Waals surface area (Å²) in [5.74, 6) is -0.137. The van der Waals surface area contributed by atoms with E-state index >= 15 is 0 Å². The van der Waals surface area contributed by atoms with E-state index in [-0.39, 0.29) is 17.3 Å². The fraction of sp³-hybridized carbons (Fsp3) is 0.417. The number of alkyl halides is 3. The standard InChI is InChI=1S/C12H16F3N3O2/c13-12(14,15)20-10-6-2-1-5-9(10)17-8-4-3-7-11(16)18-19/h1-2,5-6,17,19H,3-4,7-8H2,(H2,16,18). The first-order valence-electron chi connectivity index (χ1n) is 5.97. The van der Waals surface area contributed by atoms with Gasteiger partial charge in [-0.25, -0.2) is 0 Å². The molecule has 0 unspecified atom stereocenters. The summed E-state index contributed by atoms with van der Waals surface area (Å²) in [5.41, 5.74) is 5.57. The largest absolute Gasteiger partial charge is 0.573 e.